The number of hydrogen-bond donors (Lipinski definition) is 0. The summed E-state index contributed by atoms with van der Waals surface area (Å²) in [6.45, 7) is 0. The number of methoxy groups -OCH3 is 2. The first-order chi connectivity index (χ1) is 5.38. The van der Waals surface area contributed by atoms with Crippen LogP contribution in [-0.4, -0.2) is 32.9 Å². The molecule has 0 aliphatic carbocycles. The summed E-state index contributed by atoms with van der Waals surface area (Å²) in [6, 6.07) is 0. The van der Waals surface area contributed by atoms with E-state index in [0.29, 0.717) is 0 Å². The van der Waals surface area contributed by atoms with E-state index in [2.05, 4.69) is 4.67 Å². The summed E-state index contributed by atoms with van der Waals surface area (Å²) in [7, 11) is 3.25. The molecule has 0 radical (unpaired) electrons. The molecule has 1 aliphatic rings. The summed E-state index contributed by atoms with van der Waals surface area (Å²) in [4.78, 5) is 0. The van der Waals surface area contributed by atoms with Gasteiger partial charge >= 0.3 is 0 Å². The Morgan fingerprint density at radius 3 is 2.64 bits per heavy atom. The molecule has 1 heterocycles. The number of allylic oxidation sites excluding steroid dienone is 1. The highest BCUT2D eigenvalue weighted by atomic mass is 16.7. The van der Waals surface area contributed by atoms with Gasteiger partial charge in [-0.3, -0.25) is 0 Å². The van der Waals surface area contributed by atoms with Gasteiger partial charge in [0.25, 0.3) is 12.4 Å². The zero-order valence-electron chi connectivity index (χ0n) is 6.78. The van der Waals surface area contributed by atoms with Gasteiger partial charge in [0.05, 0.1) is 6.42 Å². The minimum atomic E-state index is -0.224. The third-order valence-electron chi connectivity index (χ3n) is 1.54. The van der Waals surface area contributed by atoms with Crippen molar-refractivity contribution < 1.29 is 9.47 Å². The molecule has 0 aromatic rings. The van der Waals surface area contributed by atoms with Crippen LogP contribution in [0.1, 0.15) is 6.42 Å². The van der Waals surface area contributed by atoms with Crippen molar-refractivity contribution in [2.24, 2.45) is 0 Å². The van der Waals surface area contributed by atoms with Crippen LogP contribution in [0.3, 0.4) is 0 Å². The molecule has 0 atom stereocenters. The highest BCUT2D eigenvalue weighted by Gasteiger charge is 2.14. The number of hydrogen-bond acceptors (Lipinski definition) is 2. The molecule has 0 spiro atoms. The van der Waals surface area contributed by atoms with Crippen molar-refractivity contribution in [1.29, 1.82) is 0 Å². The van der Waals surface area contributed by atoms with E-state index in [0.717, 1.165) is 12.0 Å². The van der Waals surface area contributed by atoms with Crippen molar-refractivity contribution in [3.63, 3.8) is 0 Å². The summed E-state index contributed by atoms with van der Waals surface area (Å²) >= 11 is 0. The molecule has 0 amide bonds. The lowest BCUT2D eigenvalue weighted by molar-refractivity contribution is -0.0754. The molecular formula is C8H12NO2+. The molecule has 3 nitrogen and oxygen atoms in total. The molecule has 1 rings (SSSR count). The fourth-order valence-electron chi connectivity index (χ4n) is 1.000. The van der Waals surface area contributed by atoms with Gasteiger partial charge in [0.15, 0.2) is 6.29 Å². The molecule has 0 bridgehead atoms. The van der Waals surface area contributed by atoms with Gasteiger partial charge < -0.3 is 9.47 Å². The Hall–Kier alpha value is -0.890. The first-order valence-corrected chi connectivity index (χ1v) is 3.48. The zero-order chi connectivity index (χ0) is 8.10. The maximum atomic E-state index is 5.07. The van der Waals surface area contributed by atoms with Gasteiger partial charge in [0, 0.05) is 25.9 Å². The van der Waals surface area contributed by atoms with Gasteiger partial charge in [-0.1, -0.05) is 0 Å². The van der Waals surface area contributed by atoms with Crippen LogP contribution in [0.4, 0.5) is 0 Å². The standard InChI is InChI=1S/C8H12NO2/c1-10-8(11-2)7-3-5-9-6-4-7/h3,5-6,8H,4H2,1-2H3/q+1. The van der Waals surface area contributed by atoms with E-state index in [4.69, 9.17) is 9.47 Å². The molecule has 0 saturated heterocycles. The lowest BCUT2D eigenvalue weighted by atomic mass is 10.1. The topological polar surface area (TPSA) is 32.6 Å². The maximum Gasteiger partial charge on any atom is 0.292 e. The van der Waals surface area contributed by atoms with E-state index in [1.807, 2.05) is 12.3 Å². The van der Waals surface area contributed by atoms with Crippen LogP contribution >= 0.6 is 0 Å². The van der Waals surface area contributed by atoms with Gasteiger partial charge in [-0.05, 0) is 0 Å². The molecule has 0 fully saturated rings. The summed E-state index contributed by atoms with van der Waals surface area (Å²) in [5, 5.41) is 0. The van der Waals surface area contributed by atoms with E-state index in [1.165, 1.54) is 0 Å². The fraction of sp³-hybridized carbons (Fsp3) is 0.500. The van der Waals surface area contributed by atoms with Gasteiger partial charge in [0.1, 0.15) is 0 Å². The SMILES string of the molecule is COC(OC)C1=CC=[N+]=CC1. The Labute approximate surface area is 66.1 Å². The Balaban J connectivity index is 2.60. The summed E-state index contributed by atoms with van der Waals surface area (Å²) in [5.41, 5.74) is 1.10. The lowest BCUT2D eigenvalue weighted by Gasteiger charge is -2.13. The predicted octanol–water partition coefficient (Wildman–Crippen LogP) is 0.144. The smallest absolute Gasteiger partial charge is 0.292 e. The maximum absolute atomic E-state index is 5.07. The van der Waals surface area contributed by atoms with Crippen molar-refractivity contribution in [3.05, 3.63) is 11.6 Å². The number of nitrogens with zero attached hydrogens (tertiary/aromatic N) is 1. The molecular weight excluding hydrogens is 142 g/mol. The van der Waals surface area contributed by atoms with Crippen molar-refractivity contribution in [1.82, 2.24) is 4.67 Å². The second-order valence-electron chi connectivity index (χ2n) is 2.23. The van der Waals surface area contributed by atoms with Crippen molar-refractivity contribution in [3.8, 4) is 0 Å². The quantitative estimate of drug-likeness (QED) is 0.428. The van der Waals surface area contributed by atoms with E-state index in [-0.39, 0.29) is 6.29 Å². The Bertz CT molecular complexity index is 210. The van der Waals surface area contributed by atoms with Crippen LogP contribution in [0.2, 0.25) is 0 Å². The highest BCUT2D eigenvalue weighted by Crippen LogP contribution is 2.09. The van der Waals surface area contributed by atoms with E-state index < -0.39 is 0 Å². The summed E-state index contributed by atoms with van der Waals surface area (Å²) in [5.74, 6) is 0. The average molecular weight is 154 g/mol. The number of rotatable bonds is 3. The van der Waals surface area contributed by atoms with E-state index >= 15 is 0 Å². The summed E-state index contributed by atoms with van der Waals surface area (Å²) in [6.07, 6.45) is 6.07. The normalized spacial score (nSPS) is 15.7. The van der Waals surface area contributed by atoms with Gasteiger partial charge in [-0.25, -0.2) is 0 Å². The molecule has 60 valence electrons. The largest absolute Gasteiger partial charge is 0.352 e. The average Bonchev–Trinajstić information content (AvgIpc) is 2.09. The molecule has 0 saturated carbocycles. The minimum Gasteiger partial charge on any atom is -0.352 e. The first-order valence-electron chi connectivity index (χ1n) is 3.48. The van der Waals surface area contributed by atoms with Crippen molar-refractivity contribution in [2.75, 3.05) is 14.2 Å². The second-order valence-corrected chi connectivity index (χ2v) is 2.23. The minimum absolute atomic E-state index is 0.224. The van der Waals surface area contributed by atoms with Crippen LogP contribution in [0.15, 0.2) is 11.6 Å². The molecule has 0 aromatic heterocycles. The lowest BCUT2D eigenvalue weighted by Crippen LogP contribution is -2.18. The van der Waals surface area contributed by atoms with E-state index in [9.17, 15) is 0 Å². The Kier molecular flexibility index (Phi) is 3.05. The molecule has 0 aromatic carbocycles. The fourth-order valence-corrected chi connectivity index (χ4v) is 1.000. The second kappa shape index (κ2) is 4.09. The third-order valence-corrected chi connectivity index (χ3v) is 1.54. The van der Waals surface area contributed by atoms with Gasteiger partial charge in [-0.15, -0.1) is 4.67 Å². The van der Waals surface area contributed by atoms with Gasteiger partial charge in [-0.2, -0.15) is 0 Å². The van der Waals surface area contributed by atoms with E-state index in [1.54, 1.807) is 20.4 Å². The monoisotopic (exact) mass is 154 g/mol. The summed E-state index contributed by atoms with van der Waals surface area (Å²) < 4.78 is 14.1. The van der Waals surface area contributed by atoms with Crippen LogP contribution in [0.5, 0.6) is 0 Å². The van der Waals surface area contributed by atoms with Crippen LogP contribution in [-0.2, 0) is 9.47 Å². The molecule has 0 unspecified atom stereocenters. The van der Waals surface area contributed by atoms with Crippen LogP contribution in [0.25, 0.3) is 0 Å². The highest BCUT2D eigenvalue weighted by molar-refractivity contribution is 5.80. The first kappa shape index (κ1) is 8.21. The van der Waals surface area contributed by atoms with Crippen LogP contribution in [0, 0.1) is 0 Å². The van der Waals surface area contributed by atoms with Crippen molar-refractivity contribution in [2.45, 2.75) is 12.7 Å². The number of ether oxygens (including phenoxy) is 2. The zero-order valence-corrected chi connectivity index (χ0v) is 6.78. The predicted molar refractivity (Wildman–Crippen MR) is 44.8 cm³/mol. The third kappa shape index (κ3) is 2.02. The van der Waals surface area contributed by atoms with Gasteiger partial charge in [0.2, 0.25) is 0 Å². The van der Waals surface area contributed by atoms with Crippen molar-refractivity contribution >= 4 is 12.4 Å². The Morgan fingerprint density at radius 2 is 2.18 bits per heavy atom. The molecule has 1 aliphatic heterocycles. The Morgan fingerprint density at radius 1 is 1.45 bits per heavy atom. The molecule has 0 N–H and O–H groups in total. The van der Waals surface area contributed by atoms with Crippen LogP contribution < -0.4 is 4.67 Å². The molecule has 11 heavy (non-hydrogen) atoms. The molecule has 3 heteroatoms.